The molecule has 1 saturated heterocycles. The third-order valence-corrected chi connectivity index (χ3v) is 7.80. The Labute approximate surface area is 204 Å². The van der Waals surface area contributed by atoms with Crippen LogP contribution in [0.3, 0.4) is 0 Å². The van der Waals surface area contributed by atoms with Crippen LogP contribution >= 0.6 is 11.3 Å². The Hall–Kier alpha value is -2.74. The van der Waals surface area contributed by atoms with Gasteiger partial charge in [0.2, 0.25) is 17.6 Å². The average molecular weight is 483 g/mol. The van der Waals surface area contributed by atoms with E-state index in [4.69, 9.17) is 4.74 Å². The first kappa shape index (κ1) is 24.4. The molecule has 0 bridgehead atoms. The molecule has 1 aromatic carbocycles. The summed E-state index contributed by atoms with van der Waals surface area (Å²) in [6.07, 6.45) is 8.42. The lowest BCUT2D eigenvalue weighted by Crippen LogP contribution is -2.52. The van der Waals surface area contributed by atoms with E-state index in [9.17, 15) is 14.4 Å². The third-order valence-electron chi connectivity index (χ3n) is 6.85. The number of ether oxygens (including phenoxy) is 1. The SMILES string of the molecule is C[CH]C(=O)N[C@H](C(=O)N1CCC[C@H]1c1nc(C(=O)c2cccc(OC)c2)cs1)C1CCCCC1. The standard InChI is InChI=1S/C26H32N3O4S/c1-3-22(30)28-23(17-9-5-4-6-10-17)26(32)29-14-8-13-21(29)25-27-20(16-34-25)24(31)18-11-7-12-19(15-18)33-2/h3,7,11-12,15-17,21,23H,4-6,8-10,13-14H2,1-2H3,(H,28,30)/t21-,23-/m0/s1. The van der Waals surface area contributed by atoms with Crippen molar-refractivity contribution in [1.82, 2.24) is 15.2 Å². The van der Waals surface area contributed by atoms with E-state index < -0.39 is 6.04 Å². The summed E-state index contributed by atoms with van der Waals surface area (Å²) in [6, 6.07) is 6.35. The van der Waals surface area contributed by atoms with Crippen molar-refractivity contribution in [2.45, 2.75) is 64.0 Å². The normalized spacial score (nSPS) is 19.6. The van der Waals surface area contributed by atoms with Gasteiger partial charge >= 0.3 is 0 Å². The van der Waals surface area contributed by atoms with Gasteiger partial charge in [-0.15, -0.1) is 11.3 Å². The highest BCUT2D eigenvalue weighted by Crippen LogP contribution is 2.36. The molecule has 1 saturated carbocycles. The summed E-state index contributed by atoms with van der Waals surface area (Å²) in [6.45, 7) is 2.32. The molecular weight excluding hydrogens is 450 g/mol. The van der Waals surface area contributed by atoms with Crippen molar-refractivity contribution in [2.24, 2.45) is 5.92 Å². The number of carbonyl (C=O) groups is 3. The van der Waals surface area contributed by atoms with Crippen LogP contribution < -0.4 is 10.1 Å². The number of rotatable bonds is 8. The molecule has 1 aromatic heterocycles. The van der Waals surface area contributed by atoms with Crippen molar-refractivity contribution in [3.8, 4) is 5.75 Å². The second kappa shape index (κ2) is 11.1. The summed E-state index contributed by atoms with van der Waals surface area (Å²) < 4.78 is 5.23. The van der Waals surface area contributed by atoms with Gasteiger partial charge in [-0.1, -0.05) is 38.3 Å². The molecule has 2 fully saturated rings. The van der Waals surface area contributed by atoms with Crippen molar-refractivity contribution in [1.29, 1.82) is 0 Å². The predicted octanol–water partition coefficient (Wildman–Crippen LogP) is 4.34. The highest BCUT2D eigenvalue weighted by atomic mass is 32.1. The first-order valence-electron chi connectivity index (χ1n) is 12.1. The monoisotopic (exact) mass is 482 g/mol. The Kier molecular flexibility index (Phi) is 7.98. The van der Waals surface area contributed by atoms with E-state index in [-0.39, 0.29) is 29.6 Å². The number of methoxy groups -OCH3 is 1. The maximum atomic E-state index is 13.7. The maximum Gasteiger partial charge on any atom is 0.246 e. The van der Waals surface area contributed by atoms with Crippen molar-refractivity contribution in [3.63, 3.8) is 0 Å². The molecule has 2 atom stereocenters. The molecule has 4 rings (SSSR count). The largest absolute Gasteiger partial charge is 0.497 e. The number of hydrogen-bond donors (Lipinski definition) is 1. The van der Waals surface area contributed by atoms with E-state index in [0.29, 0.717) is 23.6 Å². The molecular formula is C26H32N3O4S. The minimum Gasteiger partial charge on any atom is -0.497 e. The smallest absolute Gasteiger partial charge is 0.246 e. The minimum absolute atomic E-state index is 0.0273. The Morgan fingerprint density at radius 3 is 2.71 bits per heavy atom. The first-order valence-corrected chi connectivity index (χ1v) is 12.9. The highest BCUT2D eigenvalue weighted by Gasteiger charge is 2.39. The van der Waals surface area contributed by atoms with E-state index in [1.165, 1.54) is 24.2 Å². The lowest BCUT2D eigenvalue weighted by molar-refractivity contribution is -0.138. The van der Waals surface area contributed by atoms with Crippen molar-refractivity contribution in [2.75, 3.05) is 13.7 Å². The molecule has 181 valence electrons. The molecule has 1 aliphatic heterocycles. The van der Waals surface area contributed by atoms with E-state index in [1.807, 2.05) is 4.90 Å². The molecule has 7 nitrogen and oxygen atoms in total. The summed E-state index contributed by atoms with van der Waals surface area (Å²) in [5.74, 6) is 0.380. The van der Waals surface area contributed by atoms with Crippen molar-refractivity contribution < 1.29 is 19.1 Å². The zero-order valence-corrected chi connectivity index (χ0v) is 20.6. The fraction of sp³-hybridized carbons (Fsp3) is 0.500. The van der Waals surface area contributed by atoms with Gasteiger partial charge in [-0.25, -0.2) is 4.98 Å². The number of carbonyl (C=O) groups excluding carboxylic acids is 3. The molecule has 2 aromatic rings. The second-order valence-electron chi connectivity index (χ2n) is 8.99. The van der Waals surface area contributed by atoms with Gasteiger partial charge in [0, 0.05) is 23.9 Å². The zero-order valence-electron chi connectivity index (χ0n) is 19.8. The van der Waals surface area contributed by atoms with Gasteiger partial charge in [0.15, 0.2) is 0 Å². The number of benzene rings is 1. The molecule has 0 spiro atoms. The van der Waals surface area contributed by atoms with Crippen LogP contribution in [-0.4, -0.2) is 47.2 Å². The van der Waals surface area contributed by atoms with Crippen LogP contribution in [0.1, 0.15) is 79.0 Å². The van der Waals surface area contributed by atoms with Gasteiger partial charge in [0.25, 0.3) is 0 Å². The highest BCUT2D eigenvalue weighted by molar-refractivity contribution is 7.10. The van der Waals surface area contributed by atoms with E-state index in [0.717, 1.165) is 43.5 Å². The summed E-state index contributed by atoms with van der Waals surface area (Å²) in [4.78, 5) is 45.4. The van der Waals surface area contributed by atoms with E-state index in [2.05, 4.69) is 10.3 Å². The van der Waals surface area contributed by atoms with E-state index in [1.54, 1.807) is 43.7 Å². The van der Waals surface area contributed by atoms with Gasteiger partial charge in [0.05, 0.1) is 13.2 Å². The van der Waals surface area contributed by atoms with Crippen molar-refractivity contribution >= 4 is 28.9 Å². The lowest BCUT2D eigenvalue weighted by Gasteiger charge is -2.34. The molecule has 34 heavy (non-hydrogen) atoms. The van der Waals surface area contributed by atoms with E-state index >= 15 is 0 Å². The number of thiazole rings is 1. The number of hydrogen-bond acceptors (Lipinski definition) is 6. The number of ketones is 1. The average Bonchev–Trinajstić information content (AvgIpc) is 3.56. The van der Waals surface area contributed by atoms with Gasteiger partial charge in [-0.3, -0.25) is 14.4 Å². The molecule has 1 radical (unpaired) electrons. The van der Waals surface area contributed by atoms with Crippen LogP contribution in [0.5, 0.6) is 5.75 Å². The number of amides is 2. The number of aromatic nitrogens is 1. The van der Waals surface area contributed by atoms with Gasteiger partial charge < -0.3 is 15.0 Å². The Morgan fingerprint density at radius 1 is 1.18 bits per heavy atom. The third kappa shape index (κ3) is 5.32. The first-order chi connectivity index (χ1) is 16.5. The van der Waals surface area contributed by atoms with Crippen LogP contribution in [0.4, 0.5) is 0 Å². The summed E-state index contributed by atoms with van der Waals surface area (Å²) >= 11 is 1.42. The van der Waals surface area contributed by atoms with Crippen LogP contribution in [0.15, 0.2) is 29.6 Å². The summed E-state index contributed by atoms with van der Waals surface area (Å²) in [5, 5.41) is 5.51. The van der Waals surface area contributed by atoms with Gasteiger partial charge in [-0.05, 0) is 43.7 Å². The molecule has 2 heterocycles. The Morgan fingerprint density at radius 2 is 1.97 bits per heavy atom. The van der Waals surface area contributed by atoms with Crippen LogP contribution in [0, 0.1) is 12.3 Å². The zero-order chi connectivity index (χ0) is 24.1. The quantitative estimate of drug-likeness (QED) is 0.566. The maximum absolute atomic E-state index is 13.7. The number of likely N-dealkylation sites (tertiary alicyclic amines) is 1. The molecule has 1 N–H and O–H groups in total. The molecule has 8 heteroatoms. The lowest BCUT2D eigenvalue weighted by atomic mass is 9.83. The molecule has 0 unspecified atom stereocenters. The van der Waals surface area contributed by atoms with Crippen LogP contribution in [0.25, 0.3) is 0 Å². The van der Waals surface area contributed by atoms with Crippen LogP contribution in [0.2, 0.25) is 0 Å². The van der Waals surface area contributed by atoms with Crippen molar-refractivity contribution in [3.05, 3.63) is 52.3 Å². The molecule has 1 aliphatic carbocycles. The summed E-state index contributed by atoms with van der Waals surface area (Å²) in [5.41, 5.74) is 0.900. The molecule has 2 amide bonds. The Bertz CT molecular complexity index is 1030. The predicted molar refractivity (Wildman–Crippen MR) is 131 cm³/mol. The molecule has 2 aliphatic rings. The minimum atomic E-state index is -0.512. The fourth-order valence-electron chi connectivity index (χ4n) is 5.01. The number of nitrogens with zero attached hydrogens (tertiary/aromatic N) is 2. The fourth-order valence-corrected chi connectivity index (χ4v) is 5.95. The topological polar surface area (TPSA) is 88.6 Å². The van der Waals surface area contributed by atoms with Gasteiger partial charge in [0.1, 0.15) is 22.5 Å². The van der Waals surface area contributed by atoms with Crippen LogP contribution in [-0.2, 0) is 9.59 Å². The second-order valence-corrected chi connectivity index (χ2v) is 9.88. The Balaban J connectivity index is 1.53. The number of nitrogens with one attached hydrogen (secondary N) is 1. The van der Waals surface area contributed by atoms with Gasteiger partial charge in [-0.2, -0.15) is 0 Å². The summed E-state index contributed by atoms with van der Waals surface area (Å²) in [7, 11) is 1.57.